The molecule has 0 saturated heterocycles. The Morgan fingerprint density at radius 1 is 1.21 bits per heavy atom. The second-order valence-electron chi connectivity index (χ2n) is 5.56. The molecule has 2 amide bonds. The number of hydrogen-bond acceptors (Lipinski definition) is 4. The van der Waals surface area contributed by atoms with Crippen LogP contribution >= 0.6 is 0 Å². The predicted octanol–water partition coefficient (Wildman–Crippen LogP) is 1.10. The zero-order valence-corrected chi connectivity index (χ0v) is 12.0. The first kappa shape index (κ1) is 15.8. The lowest BCUT2D eigenvalue weighted by Crippen LogP contribution is -2.62. The normalized spacial score (nSPS) is 19.6. The summed E-state index contributed by atoms with van der Waals surface area (Å²) in [7, 11) is 1.27. The summed E-state index contributed by atoms with van der Waals surface area (Å²) in [6.07, 6.45) is 4.15. The number of nitrogens with two attached hydrogens (primary N) is 1. The summed E-state index contributed by atoms with van der Waals surface area (Å²) in [6, 6.07) is -0.630. The second-order valence-corrected chi connectivity index (χ2v) is 5.56. The fourth-order valence-electron chi connectivity index (χ4n) is 2.35. The molecule has 0 spiro atoms. The Balaban J connectivity index is 2.63. The van der Waals surface area contributed by atoms with E-state index in [2.05, 4.69) is 15.4 Å². The van der Waals surface area contributed by atoms with Crippen LogP contribution in [0.1, 0.15) is 46.0 Å². The summed E-state index contributed by atoms with van der Waals surface area (Å²) in [5, 5.41) is 5.42. The number of hydrogen-bond donors (Lipinski definition) is 3. The van der Waals surface area contributed by atoms with Crippen LogP contribution in [0.25, 0.3) is 0 Å². The zero-order chi connectivity index (χ0) is 14.5. The van der Waals surface area contributed by atoms with E-state index in [-0.39, 0.29) is 11.8 Å². The minimum atomic E-state index is -0.639. The molecule has 0 aliphatic heterocycles. The van der Waals surface area contributed by atoms with Crippen LogP contribution in [-0.4, -0.2) is 30.8 Å². The van der Waals surface area contributed by atoms with Gasteiger partial charge in [-0.15, -0.1) is 0 Å². The lowest BCUT2D eigenvalue weighted by Gasteiger charge is -2.36. The summed E-state index contributed by atoms with van der Waals surface area (Å²) in [4.78, 5) is 23.5. The number of alkyl carbamates (subject to hydrolysis) is 1. The smallest absolute Gasteiger partial charge is 0.407 e. The van der Waals surface area contributed by atoms with Crippen molar-refractivity contribution >= 4 is 12.0 Å². The Morgan fingerprint density at radius 3 is 2.26 bits per heavy atom. The molecule has 1 atom stereocenters. The maximum Gasteiger partial charge on any atom is 0.407 e. The van der Waals surface area contributed by atoms with Crippen molar-refractivity contribution in [2.45, 2.75) is 57.7 Å². The molecule has 6 nitrogen and oxygen atoms in total. The van der Waals surface area contributed by atoms with Crippen LogP contribution in [0.15, 0.2) is 0 Å². The quantitative estimate of drug-likeness (QED) is 0.667. The Hall–Kier alpha value is -1.30. The molecular weight excluding hydrogens is 246 g/mol. The van der Waals surface area contributed by atoms with Gasteiger partial charge in [-0.25, -0.2) is 4.79 Å². The van der Waals surface area contributed by atoms with Crippen LogP contribution in [0, 0.1) is 5.92 Å². The molecule has 0 aromatic heterocycles. The first-order chi connectivity index (χ1) is 8.88. The Labute approximate surface area is 114 Å². The third-order valence-corrected chi connectivity index (χ3v) is 3.53. The number of methoxy groups -OCH3 is 1. The molecule has 110 valence electrons. The number of carbonyl (C=O) groups excluding carboxylic acids is 2. The van der Waals surface area contributed by atoms with Crippen LogP contribution in [0.3, 0.4) is 0 Å². The van der Waals surface area contributed by atoms with Crippen LogP contribution in [0.2, 0.25) is 0 Å². The van der Waals surface area contributed by atoms with E-state index in [0.717, 1.165) is 32.1 Å². The molecule has 1 rings (SSSR count). The van der Waals surface area contributed by atoms with E-state index in [1.807, 2.05) is 13.8 Å². The molecule has 4 N–H and O–H groups in total. The molecule has 1 aliphatic carbocycles. The maximum atomic E-state index is 12.2. The van der Waals surface area contributed by atoms with Crippen molar-refractivity contribution < 1.29 is 14.3 Å². The number of amides is 2. The van der Waals surface area contributed by atoms with Gasteiger partial charge in [-0.2, -0.15) is 0 Å². The molecule has 1 unspecified atom stereocenters. The molecular formula is C13H25N3O3. The highest BCUT2D eigenvalue weighted by Crippen LogP contribution is 2.23. The van der Waals surface area contributed by atoms with Gasteiger partial charge in [0.25, 0.3) is 0 Å². The van der Waals surface area contributed by atoms with Crippen molar-refractivity contribution in [3.63, 3.8) is 0 Å². The predicted molar refractivity (Wildman–Crippen MR) is 72.3 cm³/mol. The first-order valence-electron chi connectivity index (χ1n) is 6.83. The van der Waals surface area contributed by atoms with Gasteiger partial charge in [0.1, 0.15) is 6.04 Å². The molecule has 19 heavy (non-hydrogen) atoms. The minimum absolute atomic E-state index is 0.0358. The lowest BCUT2D eigenvalue weighted by atomic mass is 9.89. The fraction of sp³-hybridized carbons (Fsp3) is 0.846. The van der Waals surface area contributed by atoms with Gasteiger partial charge < -0.3 is 21.1 Å². The summed E-state index contributed by atoms with van der Waals surface area (Å²) in [5.41, 5.74) is 5.55. The Bertz CT molecular complexity index is 325. The van der Waals surface area contributed by atoms with Crippen molar-refractivity contribution in [3.8, 4) is 0 Å². The monoisotopic (exact) mass is 271 g/mol. The molecule has 1 aliphatic rings. The summed E-state index contributed by atoms with van der Waals surface area (Å²) in [5.74, 6) is -0.281. The van der Waals surface area contributed by atoms with E-state index in [9.17, 15) is 9.59 Å². The number of ether oxygens (including phenoxy) is 1. The van der Waals surface area contributed by atoms with E-state index in [1.54, 1.807) is 0 Å². The fourth-order valence-corrected chi connectivity index (χ4v) is 2.35. The van der Waals surface area contributed by atoms with Gasteiger partial charge >= 0.3 is 6.09 Å². The van der Waals surface area contributed by atoms with Crippen molar-refractivity contribution in [3.05, 3.63) is 0 Å². The highest BCUT2D eigenvalue weighted by atomic mass is 16.5. The van der Waals surface area contributed by atoms with E-state index in [0.29, 0.717) is 0 Å². The summed E-state index contributed by atoms with van der Waals surface area (Å²) < 4.78 is 4.53. The van der Waals surface area contributed by atoms with Crippen molar-refractivity contribution in [2.24, 2.45) is 11.7 Å². The highest BCUT2D eigenvalue weighted by molar-refractivity contribution is 5.86. The van der Waals surface area contributed by atoms with Gasteiger partial charge in [0.05, 0.1) is 12.8 Å². The molecule has 1 fully saturated rings. The average Bonchev–Trinajstić information content (AvgIpc) is 2.35. The van der Waals surface area contributed by atoms with Gasteiger partial charge in [0.2, 0.25) is 5.91 Å². The zero-order valence-electron chi connectivity index (χ0n) is 12.0. The topological polar surface area (TPSA) is 93.4 Å². The van der Waals surface area contributed by atoms with Gasteiger partial charge in [-0.3, -0.25) is 4.79 Å². The van der Waals surface area contributed by atoms with Gasteiger partial charge in [-0.05, 0) is 31.6 Å². The maximum absolute atomic E-state index is 12.2. The highest BCUT2D eigenvalue weighted by Gasteiger charge is 2.33. The minimum Gasteiger partial charge on any atom is -0.453 e. The van der Waals surface area contributed by atoms with Gasteiger partial charge in [0.15, 0.2) is 0 Å². The van der Waals surface area contributed by atoms with Crippen molar-refractivity contribution in [2.75, 3.05) is 7.11 Å². The molecule has 1 saturated carbocycles. The van der Waals surface area contributed by atoms with Crippen LogP contribution in [0.5, 0.6) is 0 Å². The lowest BCUT2D eigenvalue weighted by molar-refractivity contribution is -0.126. The number of carbonyl (C=O) groups is 2. The van der Waals surface area contributed by atoms with E-state index < -0.39 is 17.8 Å². The third-order valence-electron chi connectivity index (χ3n) is 3.53. The first-order valence-corrected chi connectivity index (χ1v) is 6.83. The molecule has 0 bridgehead atoms. The van der Waals surface area contributed by atoms with E-state index >= 15 is 0 Å². The standard InChI is InChI=1S/C13H25N3O3/c1-9(2)10(15-12(18)19-3)11(17)16-13(14)7-5-4-6-8-13/h9-10H,4-8,14H2,1-3H3,(H,15,18)(H,16,17). The largest absolute Gasteiger partial charge is 0.453 e. The Kier molecular flexibility index (Phi) is 5.60. The molecule has 6 heteroatoms. The van der Waals surface area contributed by atoms with Crippen LogP contribution < -0.4 is 16.4 Å². The number of nitrogens with one attached hydrogen (secondary N) is 2. The molecule has 0 aromatic rings. The average molecular weight is 271 g/mol. The third kappa shape index (κ3) is 4.70. The summed E-state index contributed by atoms with van der Waals surface area (Å²) >= 11 is 0. The van der Waals surface area contributed by atoms with Crippen LogP contribution in [0.4, 0.5) is 4.79 Å². The van der Waals surface area contributed by atoms with Crippen LogP contribution in [-0.2, 0) is 9.53 Å². The SMILES string of the molecule is COC(=O)NC(C(=O)NC1(N)CCCCC1)C(C)C. The van der Waals surface area contributed by atoms with E-state index in [4.69, 9.17) is 5.73 Å². The molecule has 0 heterocycles. The van der Waals surface area contributed by atoms with Crippen molar-refractivity contribution in [1.29, 1.82) is 0 Å². The van der Waals surface area contributed by atoms with Gasteiger partial charge in [-0.1, -0.05) is 20.3 Å². The summed E-state index contributed by atoms with van der Waals surface area (Å²) in [6.45, 7) is 3.73. The van der Waals surface area contributed by atoms with Crippen molar-refractivity contribution in [1.82, 2.24) is 10.6 Å². The molecule has 0 radical (unpaired) electrons. The Morgan fingerprint density at radius 2 is 1.79 bits per heavy atom. The molecule has 0 aromatic carbocycles. The second kappa shape index (κ2) is 6.75. The number of rotatable bonds is 4. The van der Waals surface area contributed by atoms with Gasteiger partial charge in [0, 0.05) is 0 Å². The van der Waals surface area contributed by atoms with E-state index in [1.165, 1.54) is 7.11 Å².